The molecule has 0 aromatic rings. The minimum atomic E-state index is -4.97. The van der Waals surface area contributed by atoms with Gasteiger partial charge < -0.3 is 33.8 Å². The van der Waals surface area contributed by atoms with Crippen LogP contribution in [0.5, 0.6) is 0 Å². The summed E-state index contributed by atoms with van der Waals surface area (Å²) in [5, 5.41) is 10.7. The molecule has 0 radical (unpaired) electrons. The van der Waals surface area contributed by atoms with Crippen LogP contribution >= 0.6 is 15.6 Å². The van der Waals surface area contributed by atoms with Crippen LogP contribution in [-0.2, 0) is 65.4 Å². The van der Waals surface area contributed by atoms with E-state index in [-0.39, 0.29) is 25.7 Å². The van der Waals surface area contributed by atoms with Crippen LogP contribution in [0.1, 0.15) is 491 Å². The average molecular weight is 1610 g/mol. The molecule has 0 aliphatic carbocycles. The van der Waals surface area contributed by atoms with E-state index >= 15 is 0 Å². The van der Waals surface area contributed by atoms with Gasteiger partial charge in [-0.3, -0.25) is 37.3 Å². The Kier molecular flexibility index (Phi) is 80.7. The van der Waals surface area contributed by atoms with E-state index < -0.39 is 97.5 Å². The third-order valence-corrected chi connectivity index (χ3v) is 23.7. The van der Waals surface area contributed by atoms with Gasteiger partial charge in [0.05, 0.1) is 26.4 Å². The maximum atomic E-state index is 13.2. The quantitative estimate of drug-likeness (QED) is 0.0222. The van der Waals surface area contributed by atoms with Crippen molar-refractivity contribution in [3.8, 4) is 0 Å². The SMILES string of the molecule is CCCCCCCCCCCCCCCCCCCCCC(=O)OC[C@H](COP(=O)(O)OC[C@@H](O)COP(=O)(O)OC[C@@H](COC(=O)CCCCCCCCCCCCCC)OC(=O)CCCCCCCCCCCCCCCCC(C)C)OC(=O)CCCCCCCCCCCCCCCCCCCCC(C)CC. The molecule has 0 saturated carbocycles. The van der Waals surface area contributed by atoms with Crippen molar-refractivity contribution in [2.75, 3.05) is 39.6 Å². The normalized spacial score (nSPS) is 14.0. The standard InChI is InChI=1S/C91H178O17P2/c1-7-10-12-14-16-18-20-22-23-24-25-29-32-38-44-50-56-62-68-74-89(94)102-80-87(108-90(95)75-69-63-57-51-45-39-33-30-27-26-28-31-37-42-48-54-60-66-72-84(6)9-3)82-106-110(99,100)104-78-85(92)77-103-109(97,98)105-81-86(79-101-88(93)73-67-61-55-49-43-21-19-17-15-13-11-8-2)107-91(96)76-70-64-58-52-46-40-35-34-36-41-47-53-59-65-71-83(4)5/h83-87,92H,7-82H2,1-6H3,(H,97,98)(H,99,100)/t84?,85-,86+,87+/m0/s1. The van der Waals surface area contributed by atoms with E-state index in [0.717, 1.165) is 102 Å². The summed E-state index contributed by atoms with van der Waals surface area (Å²) in [5.74, 6) is -0.428. The van der Waals surface area contributed by atoms with Gasteiger partial charge in [0.2, 0.25) is 0 Å². The van der Waals surface area contributed by atoms with Crippen molar-refractivity contribution in [1.29, 1.82) is 0 Å². The van der Waals surface area contributed by atoms with Crippen LogP contribution in [0.3, 0.4) is 0 Å². The lowest BCUT2D eigenvalue weighted by Crippen LogP contribution is -2.30. The number of rotatable bonds is 90. The zero-order valence-corrected chi connectivity index (χ0v) is 74.4. The Bertz CT molecular complexity index is 2100. The Balaban J connectivity index is 5.25. The molecule has 0 aliphatic rings. The number of ether oxygens (including phenoxy) is 4. The van der Waals surface area contributed by atoms with Crippen molar-refractivity contribution in [3.63, 3.8) is 0 Å². The van der Waals surface area contributed by atoms with Gasteiger partial charge in [-0.05, 0) is 37.5 Å². The lowest BCUT2D eigenvalue weighted by atomic mass is 9.99. The molecule has 0 fully saturated rings. The monoisotopic (exact) mass is 1610 g/mol. The maximum Gasteiger partial charge on any atom is 0.472 e. The molecule has 0 spiro atoms. The van der Waals surface area contributed by atoms with Crippen LogP contribution in [0.15, 0.2) is 0 Å². The molecule has 0 heterocycles. The number of aliphatic hydroxyl groups excluding tert-OH is 1. The van der Waals surface area contributed by atoms with Crippen LogP contribution in [-0.4, -0.2) is 96.7 Å². The van der Waals surface area contributed by atoms with Gasteiger partial charge >= 0.3 is 39.5 Å². The summed E-state index contributed by atoms with van der Waals surface area (Å²) >= 11 is 0. The molecule has 17 nitrogen and oxygen atoms in total. The molecule has 3 N–H and O–H groups in total. The summed E-state index contributed by atoms with van der Waals surface area (Å²) < 4.78 is 69.1. The highest BCUT2D eigenvalue weighted by molar-refractivity contribution is 7.47. The second-order valence-electron chi connectivity index (χ2n) is 33.4. The van der Waals surface area contributed by atoms with Crippen molar-refractivity contribution >= 4 is 39.5 Å². The van der Waals surface area contributed by atoms with Crippen LogP contribution in [0.4, 0.5) is 0 Å². The maximum absolute atomic E-state index is 13.2. The van der Waals surface area contributed by atoms with E-state index in [1.807, 2.05) is 0 Å². The van der Waals surface area contributed by atoms with Crippen molar-refractivity contribution < 1.29 is 80.2 Å². The Hall–Kier alpha value is -1.94. The van der Waals surface area contributed by atoms with Crippen LogP contribution in [0, 0.1) is 11.8 Å². The van der Waals surface area contributed by atoms with E-state index in [1.54, 1.807) is 0 Å². The van der Waals surface area contributed by atoms with Gasteiger partial charge in [0.15, 0.2) is 12.2 Å². The first-order valence-corrected chi connectivity index (χ1v) is 50.0. The molecule has 110 heavy (non-hydrogen) atoms. The van der Waals surface area contributed by atoms with E-state index in [0.29, 0.717) is 25.7 Å². The zero-order valence-electron chi connectivity index (χ0n) is 72.6. The number of hydrogen-bond acceptors (Lipinski definition) is 15. The molecule has 654 valence electrons. The topological polar surface area (TPSA) is 237 Å². The molecular weight excluding hydrogens is 1430 g/mol. The van der Waals surface area contributed by atoms with Crippen molar-refractivity contribution in [2.45, 2.75) is 509 Å². The van der Waals surface area contributed by atoms with Gasteiger partial charge in [0.25, 0.3) is 0 Å². The molecular formula is C91H178O17P2. The molecule has 6 atom stereocenters. The molecule has 0 amide bonds. The fourth-order valence-corrected chi connectivity index (χ4v) is 15.9. The number of esters is 4. The van der Waals surface area contributed by atoms with Crippen molar-refractivity contribution in [2.24, 2.45) is 11.8 Å². The minimum Gasteiger partial charge on any atom is -0.462 e. The van der Waals surface area contributed by atoms with Crippen LogP contribution in [0.2, 0.25) is 0 Å². The lowest BCUT2D eigenvalue weighted by molar-refractivity contribution is -0.161. The molecule has 0 saturated heterocycles. The highest BCUT2D eigenvalue weighted by atomic mass is 31.2. The highest BCUT2D eigenvalue weighted by Gasteiger charge is 2.31. The molecule has 0 aromatic heterocycles. The first kappa shape index (κ1) is 108. The Labute approximate surface area is 677 Å². The smallest absolute Gasteiger partial charge is 0.462 e. The number of phosphoric acid groups is 2. The average Bonchev–Trinajstić information content (AvgIpc) is 0.898. The fourth-order valence-electron chi connectivity index (χ4n) is 14.3. The lowest BCUT2D eigenvalue weighted by Gasteiger charge is -2.21. The number of carbonyl (C=O) groups is 4. The summed E-state index contributed by atoms with van der Waals surface area (Å²) in [6.07, 6.45) is 76.3. The first-order valence-electron chi connectivity index (χ1n) is 47.0. The second-order valence-corrected chi connectivity index (χ2v) is 36.3. The Morgan fingerprint density at radius 1 is 0.264 bits per heavy atom. The molecule has 0 bridgehead atoms. The van der Waals surface area contributed by atoms with Gasteiger partial charge in [-0.1, -0.05) is 440 Å². The van der Waals surface area contributed by atoms with E-state index in [1.165, 1.54) is 308 Å². The van der Waals surface area contributed by atoms with Crippen LogP contribution < -0.4 is 0 Å². The molecule has 0 aromatic carbocycles. The summed E-state index contributed by atoms with van der Waals surface area (Å²) in [7, 11) is -9.94. The van der Waals surface area contributed by atoms with Crippen LogP contribution in [0.25, 0.3) is 0 Å². The number of phosphoric ester groups is 2. The van der Waals surface area contributed by atoms with E-state index in [2.05, 4.69) is 41.5 Å². The Morgan fingerprint density at radius 3 is 0.691 bits per heavy atom. The third kappa shape index (κ3) is 82.6. The number of aliphatic hydroxyl groups is 1. The first-order chi connectivity index (χ1) is 53.4. The summed E-state index contributed by atoms with van der Waals surface area (Å²) in [6.45, 7) is 9.79. The van der Waals surface area contributed by atoms with Gasteiger partial charge in [-0.2, -0.15) is 0 Å². The predicted molar refractivity (Wildman–Crippen MR) is 455 cm³/mol. The van der Waals surface area contributed by atoms with Gasteiger partial charge in [0, 0.05) is 25.7 Å². The summed E-state index contributed by atoms with van der Waals surface area (Å²) in [6, 6.07) is 0. The van der Waals surface area contributed by atoms with Crippen molar-refractivity contribution in [3.05, 3.63) is 0 Å². The largest absolute Gasteiger partial charge is 0.472 e. The van der Waals surface area contributed by atoms with Crippen molar-refractivity contribution in [1.82, 2.24) is 0 Å². The number of hydrogen-bond donors (Lipinski definition) is 3. The number of unbranched alkanes of at least 4 members (excludes halogenated alkanes) is 59. The fraction of sp³-hybridized carbons (Fsp3) is 0.956. The van der Waals surface area contributed by atoms with Gasteiger partial charge in [0.1, 0.15) is 19.3 Å². The summed E-state index contributed by atoms with van der Waals surface area (Å²) in [4.78, 5) is 73.4. The van der Waals surface area contributed by atoms with E-state index in [4.69, 9.17) is 37.0 Å². The van der Waals surface area contributed by atoms with E-state index in [9.17, 15) is 43.2 Å². The second kappa shape index (κ2) is 82.2. The Morgan fingerprint density at radius 2 is 0.464 bits per heavy atom. The van der Waals surface area contributed by atoms with Gasteiger partial charge in [-0.15, -0.1) is 0 Å². The molecule has 19 heteroatoms. The highest BCUT2D eigenvalue weighted by Crippen LogP contribution is 2.45. The summed E-state index contributed by atoms with van der Waals surface area (Å²) in [5.41, 5.74) is 0. The van der Waals surface area contributed by atoms with Gasteiger partial charge in [-0.25, -0.2) is 9.13 Å². The molecule has 0 rings (SSSR count). The third-order valence-electron chi connectivity index (χ3n) is 21.8. The minimum absolute atomic E-state index is 0.108. The molecule has 3 unspecified atom stereocenters. The number of carbonyl (C=O) groups excluding carboxylic acids is 4. The molecule has 0 aliphatic heterocycles. The predicted octanol–water partition coefficient (Wildman–Crippen LogP) is 28.2. The zero-order chi connectivity index (χ0) is 80.6.